The molecule has 0 saturated heterocycles. The fraction of sp³-hybridized carbons (Fsp3) is 0.133. The molecule has 0 radical (unpaired) electrons. The van der Waals surface area contributed by atoms with Crippen molar-refractivity contribution in [3.05, 3.63) is 62.6 Å². The van der Waals surface area contributed by atoms with Gasteiger partial charge in [0.1, 0.15) is 12.4 Å². The predicted molar refractivity (Wildman–Crippen MR) is 81.6 cm³/mol. The highest BCUT2D eigenvalue weighted by molar-refractivity contribution is 9.10. The average molecular weight is 356 g/mol. The Morgan fingerprint density at radius 1 is 1.35 bits per heavy atom. The van der Waals surface area contributed by atoms with Gasteiger partial charge in [0.25, 0.3) is 0 Å². The van der Waals surface area contributed by atoms with Crippen LogP contribution in [0.4, 0.5) is 0 Å². The van der Waals surface area contributed by atoms with Crippen LogP contribution in [0.25, 0.3) is 0 Å². The van der Waals surface area contributed by atoms with Gasteiger partial charge in [-0.05, 0) is 42.3 Å². The number of aryl methyl sites for hydroxylation is 1. The zero-order valence-electron chi connectivity index (χ0n) is 10.7. The molecule has 2 rings (SSSR count). The molecule has 0 spiro atoms. The molecule has 0 aliphatic carbocycles. The van der Waals surface area contributed by atoms with Crippen LogP contribution in [0.1, 0.15) is 21.5 Å². The normalized spacial score (nSPS) is 10.3. The molecule has 0 saturated carbocycles. The number of rotatable bonds is 4. The summed E-state index contributed by atoms with van der Waals surface area (Å²) >= 11 is 9.50. The monoisotopic (exact) mass is 354 g/mol. The van der Waals surface area contributed by atoms with Gasteiger partial charge < -0.3 is 9.84 Å². The number of carboxylic acid groups (broad SMARTS) is 1. The lowest BCUT2D eigenvalue weighted by molar-refractivity contribution is 0.0696. The van der Waals surface area contributed by atoms with E-state index < -0.39 is 5.97 Å². The predicted octanol–water partition coefficient (Wildman–Crippen LogP) is 4.69. The van der Waals surface area contributed by atoms with Crippen molar-refractivity contribution in [1.82, 2.24) is 0 Å². The number of ether oxygens (including phenoxy) is 1. The molecule has 0 aliphatic rings. The molecule has 2 aromatic rings. The standard InChI is InChI=1S/C15H12BrClO3/c1-9-5-12(16)7-13(17)14(9)20-8-10-3-2-4-11(6-10)15(18)19/h2-7H,8H2,1H3,(H,18,19). The number of hydrogen-bond acceptors (Lipinski definition) is 2. The molecule has 0 amide bonds. The van der Waals surface area contributed by atoms with E-state index in [9.17, 15) is 4.79 Å². The summed E-state index contributed by atoms with van der Waals surface area (Å²) < 4.78 is 6.59. The number of carbonyl (C=O) groups is 1. The molecule has 0 aromatic heterocycles. The van der Waals surface area contributed by atoms with Crippen molar-refractivity contribution in [2.75, 3.05) is 0 Å². The SMILES string of the molecule is Cc1cc(Br)cc(Cl)c1OCc1cccc(C(=O)O)c1. The Morgan fingerprint density at radius 2 is 2.10 bits per heavy atom. The number of benzene rings is 2. The first kappa shape index (κ1) is 14.9. The molecule has 20 heavy (non-hydrogen) atoms. The van der Waals surface area contributed by atoms with Crippen LogP contribution < -0.4 is 4.74 Å². The average Bonchev–Trinajstić information content (AvgIpc) is 2.37. The highest BCUT2D eigenvalue weighted by Crippen LogP contribution is 2.32. The lowest BCUT2D eigenvalue weighted by atomic mass is 10.1. The summed E-state index contributed by atoms with van der Waals surface area (Å²) in [6.45, 7) is 2.17. The third-order valence-corrected chi connectivity index (χ3v) is 3.49. The number of hydrogen-bond donors (Lipinski definition) is 1. The van der Waals surface area contributed by atoms with Gasteiger partial charge in [-0.25, -0.2) is 4.79 Å². The Morgan fingerprint density at radius 3 is 2.75 bits per heavy atom. The van der Waals surface area contributed by atoms with Gasteiger partial charge in [0.05, 0.1) is 10.6 Å². The van der Waals surface area contributed by atoms with Crippen molar-refractivity contribution < 1.29 is 14.6 Å². The van der Waals surface area contributed by atoms with Crippen molar-refractivity contribution in [3.8, 4) is 5.75 Å². The zero-order chi connectivity index (χ0) is 14.7. The smallest absolute Gasteiger partial charge is 0.335 e. The van der Waals surface area contributed by atoms with E-state index in [1.165, 1.54) is 0 Å². The first-order valence-electron chi connectivity index (χ1n) is 5.88. The van der Waals surface area contributed by atoms with Gasteiger partial charge in [-0.3, -0.25) is 0 Å². The van der Waals surface area contributed by atoms with E-state index in [1.807, 2.05) is 19.1 Å². The van der Waals surface area contributed by atoms with Crippen LogP contribution in [0.3, 0.4) is 0 Å². The molecule has 0 unspecified atom stereocenters. The van der Waals surface area contributed by atoms with Crippen LogP contribution in [0.5, 0.6) is 5.75 Å². The number of halogens is 2. The van der Waals surface area contributed by atoms with Crippen molar-refractivity contribution >= 4 is 33.5 Å². The Balaban J connectivity index is 2.17. The minimum absolute atomic E-state index is 0.240. The third-order valence-electron chi connectivity index (χ3n) is 2.75. The minimum atomic E-state index is -0.954. The van der Waals surface area contributed by atoms with Crippen LogP contribution in [-0.2, 0) is 6.61 Å². The Kier molecular flexibility index (Phi) is 4.68. The molecule has 3 nitrogen and oxygen atoms in total. The first-order valence-corrected chi connectivity index (χ1v) is 7.05. The molecule has 0 fully saturated rings. The van der Waals surface area contributed by atoms with Gasteiger partial charge >= 0.3 is 5.97 Å². The van der Waals surface area contributed by atoms with Gasteiger partial charge in [0, 0.05) is 4.47 Å². The van der Waals surface area contributed by atoms with Gasteiger partial charge in [0.2, 0.25) is 0 Å². The van der Waals surface area contributed by atoms with E-state index in [1.54, 1.807) is 24.3 Å². The van der Waals surface area contributed by atoms with E-state index >= 15 is 0 Å². The number of aromatic carboxylic acids is 1. The minimum Gasteiger partial charge on any atom is -0.487 e. The molecular formula is C15H12BrClO3. The molecule has 104 valence electrons. The second-order valence-electron chi connectivity index (χ2n) is 4.33. The second-order valence-corrected chi connectivity index (χ2v) is 5.65. The quantitative estimate of drug-likeness (QED) is 0.865. The summed E-state index contributed by atoms with van der Waals surface area (Å²) in [5.74, 6) is -0.347. The van der Waals surface area contributed by atoms with E-state index in [0.29, 0.717) is 10.8 Å². The van der Waals surface area contributed by atoms with Gasteiger partial charge in [0.15, 0.2) is 0 Å². The van der Waals surface area contributed by atoms with E-state index in [-0.39, 0.29) is 12.2 Å². The summed E-state index contributed by atoms with van der Waals surface area (Å²) in [5, 5.41) is 9.47. The fourth-order valence-corrected chi connectivity index (χ4v) is 2.85. The first-order chi connectivity index (χ1) is 9.47. The van der Waals surface area contributed by atoms with Crippen molar-refractivity contribution in [2.24, 2.45) is 0 Å². The highest BCUT2D eigenvalue weighted by atomic mass is 79.9. The van der Waals surface area contributed by atoms with Gasteiger partial charge in [-0.15, -0.1) is 0 Å². The maximum Gasteiger partial charge on any atom is 0.335 e. The van der Waals surface area contributed by atoms with Crippen molar-refractivity contribution in [2.45, 2.75) is 13.5 Å². The van der Waals surface area contributed by atoms with Gasteiger partial charge in [-0.2, -0.15) is 0 Å². The summed E-state index contributed by atoms with van der Waals surface area (Å²) in [6, 6.07) is 10.3. The van der Waals surface area contributed by atoms with Gasteiger partial charge in [-0.1, -0.05) is 39.7 Å². The molecule has 0 atom stereocenters. The van der Waals surface area contributed by atoms with Crippen LogP contribution in [0.2, 0.25) is 5.02 Å². The Bertz CT molecular complexity index is 632. The molecule has 0 heterocycles. The highest BCUT2D eigenvalue weighted by Gasteiger charge is 2.08. The van der Waals surface area contributed by atoms with Crippen molar-refractivity contribution in [1.29, 1.82) is 0 Å². The summed E-state index contributed by atoms with van der Waals surface area (Å²) in [5.41, 5.74) is 1.94. The fourth-order valence-electron chi connectivity index (χ4n) is 1.82. The summed E-state index contributed by atoms with van der Waals surface area (Å²) in [6.07, 6.45) is 0. The summed E-state index contributed by atoms with van der Waals surface area (Å²) in [7, 11) is 0. The maximum atomic E-state index is 10.9. The lowest BCUT2D eigenvalue weighted by Crippen LogP contribution is -2.01. The van der Waals surface area contributed by atoms with Crippen LogP contribution in [0.15, 0.2) is 40.9 Å². The maximum absolute atomic E-state index is 10.9. The lowest BCUT2D eigenvalue weighted by Gasteiger charge is -2.12. The van der Waals surface area contributed by atoms with Crippen LogP contribution >= 0.6 is 27.5 Å². The third kappa shape index (κ3) is 3.52. The zero-order valence-corrected chi connectivity index (χ0v) is 13.0. The Labute approximate surface area is 130 Å². The van der Waals surface area contributed by atoms with Crippen LogP contribution in [-0.4, -0.2) is 11.1 Å². The topological polar surface area (TPSA) is 46.5 Å². The molecule has 0 bridgehead atoms. The summed E-state index contributed by atoms with van der Waals surface area (Å²) in [4.78, 5) is 10.9. The molecule has 0 aliphatic heterocycles. The second kappa shape index (κ2) is 6.29. The van der Waals surface area contributed by atoms with E-state index in [4.69, 9.17) is 21.4 Å². The molecule has 2 aromatic carbocycles. The molecule has 1 N–H and O–H groups in total. The van der Waals surface area contributed by atoms with Crippen molar-refractivity contribution in [3.63, 3.8) is 0 Å². The van der Waals surface area contributed by atoms with E-state index in [0.717, 1.165) is 15.6 Å². The largest absolute Gasteiger partial charge is 0.487 e. The molecular weight excluding hydrogens is 344 g/mol. The van der Waals surface area contributed by atoms with Crippen LogP contribution in [0, 0.1) is 6.92 Å². The van der Waals surface area contributed by atoms with E-state index in [2.05, 4.69) is 15.9 Å². The number of carboxylic acids is 1. The molecule has 5 heteroatoms. The Hall–Kier alpha value is -1.52.